The highest BCUT2D eigenvalue weighted by molar-refractivity contribution is 7.15. The highest BCUT2D eigenvalue weighted by atomic mass is 32.1. The van der Waals surface area contributed by atoms with Crippen LogP contribution in [0.25, 0.3) is 0 Å². The first-order chi connectivity index (χ1) is 14.1. The lowest BCUT2D eigenvalue weighted by Gasteiger charge is -2.25. The van der Waals surface area contributed by atoms with E-state index in [0.29, 0.717) is 28.0 Å². The van der Waals surface area contributed by atoms with E-state index in [2.05, 4.69) is 30.7 Å². The van der Waals surface area contributed by atoms with Crippen molar-refractivity contribution in [2.75, 3.05) is 18.2 Å². The summed E-state index contributed by atoms with van der Waals surface area (Å²) in [6, 6.07) is 3.55. The maximum atomic E-state index is 12.3. The van der Waals surface area contributed by atoms with Crippen molar-refractivity contribution in [3.05, 3.63) is 33.9 Å². The SMILES string of the molecule is COc1ccc(CC(=O)Nc2nnc(C3CCCC(c4nnc(N)s4)C3)s2)cn1. The fourth-order valence-electron chi connectivity index (χ4n) is 3.49. The molecule has 2 atom stereocenters. The van der Waals surface area contributed by atoms with Gasteiger partial charge in [-0.05, 0) is 24.8 Å². The summed E-state index contributed by atoms with van der Waals surface area (Å²) in [5.74, 6) is 1.04. The van der Waals surface area contributed by atoms with Gasteiger partial charge >= 0.3 is 0 Å². The zero-order chi connectivity index (χ0) is 20.2. The summed E-state index contributed by atoms with van der Waals surface area (Å²) in [5.41, 5.74) is 6.53. The molecule has 0 radical (unpaired) electrons. The van der Waals surface area contributed by atoms with Gasteiger partial charge in [0.1, 0.15) is 10.0 Å². The zero-order valence-electron chi connectivity index (χ0n) is 15.9. The Bertz CT molecular complexity index is 973. The first kappa shape index (κ1) is 19.6. The second-order valence-corrected chi connectivity index (χ2v) is 8.97. The van der Waals surface area contributed by atoms with Crippen molar-refractivity contribution in [3.63, 3.8) is 0 Å². The molecule has 3 aromatic heterocycles. The van der Waals surface area contributed by atoms with Crippen molar-refractivity contribution in [2.24, 2.45) is 0 Å². The van der Waals surface area contributed by atoms with Gasteiger partial charge in [-0.15, -0.1) is 20.4 Å². The van der Waals surface area contributed by atoms with E-state index in [-0.39, 0.29) is 12.3 Å². The molecule has 3 aromatic rings. The minimum absolute atomic E-state index is 0.148. The van der Waals surface area contributed by atoms with E-state index in [9.17, 15) is 4.79 Å². The Morgan fingerprint density at radius 2 is 1.93 bits per heavy atom. The summed E-state index contributed by atoms with van der Waals surface area (Å²) < 4.78 is 5.03. The molecule has 0 spiro atoms. The summed E-state index contributed by atoms with van der Waals surface area (Å²) in [7, 11) is 1.56. The predicted octanol–water partition coefficient (Wildman–Crippen LogP) is 3.00. The second kappa shape index (κ2) is 8.78. The standard InChI is InChI=1S/C18H21N7O2S2/c1-27-14-6-5-10(9-20-14)7-13(26)21-18-25-23-16(29-18)12-4-2-3-11(8-12)15-22-24-17(19)28-15/h5-6,9,11-12H,2-4,7-8H2,1H3,(H2,19,24)(H,21,25,26). The van der Waals surface area contributed by atoms with E-state index in [1.165, 1.54) is 22.7 Å². The number of nitrogen functional groups attached to an aromatic ring is 1. The maximum absolute atomic E-state index is 12.3. The Labute approximate surface area is 175 Å². The first-order valence-corrected chi connectivity index (χ1v) is 10.9. The van der Waals surface area contributed by atoms with Gasteiger partial charge in [0.25, 0.3) is 0 Å². The lowest BCUT2D eigenvalue weighted by molar-refractivity contribution is -0.115. The average Bonchev–Trinajstić information content (AvgIpc) is 3.38. The number of nitrogens with zero attached hydrogens (tertiary/aromatic N) is 5. The molecule has 3 N–H and O–H groups in total. The Morgan fingerprint density at radius 3 is 2.59 bits per heavy atom. The third kappa shape index (κ3) is 4.85. The molecule has 0 aliphatic heterocycles. The molecule has 0 saturated heterocycles. The fourth-order valence-corrected chi connectivity index (χ4v) is 5.15. The van der Waals surface area contributed by atoms with Crippen LogP contribution in [-0.2, 0) is 11.2 Å². The van der Waals surface area contributed by atoms with Crippen LogP contribution in [0, 0.1) is 0 Å². The number of hydrogen-bond donors (Lipinski definition) is 2. The maximum Gasteiger partial charge on any atom is 0.230 e. The van der Waals surface area contributed by atoms with Gasteiger partial charge in [0.2, 0.25) is 22.1 Å². The fraction of sp³-hybridized carbons (Fsp3) is 0.444. The number of amides is 1. The van der Waals surface area contributed by atoms with E-state index < -0.39 is 0 Å². The Morgan fingerprint density at radius 1 is 1.17 bits per heavy atom. The second-order valence-electron chi connectivity index (χ2n) is 6.92. The van der Waals surface area contributed by atoms with Gasteiger partial charge in [-0.1, -0.05) is 35.2 Å². The van der Waals surface area contributed by atoms with Crippen LogP contribution in [0.1, 0.15) is 53.1 Å². The summed E-state index contributed by atoms with van der Waals surface area (Å²) in [6.45, 7) is 0. The van der Waals surface area contributed by atoms with Gasteiger partial charge in [-0.2, -0.15) is 0 Å². The van der Waals surface area contributed by atoms with E-state index >= 15 is 0 Å². The van der Waals surface area contributed by atoms with Crippen LogP contribution in [-0.4, -0.2) is 38.4 Å². The molecule has 0 bridgehead atoms. The number of nitrogens with one attached hydrogen (secondary N) is 1. The quantitative estimate of drug-likeness (QED) is 0.609. The third-order valence-corrected chi connectivity index (χ3v) is 6.80. The van der Waals surface area contributed by atoms with Crippen molar-refractivity contribution >= 4 is 38.8 Å². The monoisotopic (exact) mass is 431 g/mol. The molecule has 9 nitrogen and oxygen atoms in total. The van der Waals surface area contributed by atoms with Gasteiger partial charge in [0, 0.05) is 24.1 Å². The lowest BCUT2D eigenvalue weighted by Crippen LogP contribution is -2.14. The number of ether oxygens (including phenoxy) is 1. The van der Waals surface area contributed by atoms with Gasteiger partial charge in [0.15, 0.2) is 0 Å². The molecule has 1 aliphatic carbocycles. The van der Waals surface area contributed by atoms with Crippen molar-refractivity contribution < 1.29 is 9.53 Å². The normalized spacial score (nSPS) is 19.1. The van der Waals surface area contributed by atoms with Crippen LogP contribution < -0.4 is 15.8 Å². The molecular formula is C18H21N7O2S2. The van der Waals surface area contributed by atoms with Gasteiger partial charge in [0.05, 0.1) is 13.5 Å². The number of aromatic nitrogens is 5. The number of nitrogens with two attached hydrogens (primary N) is 1. The lowest BCUT2D eigenvalue weighted by atomic mass is 9.82. The Kier molecular flexibility index (Phi) is 5.95. The van der Waals surface area contributed by atoms with E-state index in [0.717, 1.165) is 41.3 Å². The number of anilines is 2. The smallest absolute Gasteiger partial charge is 0.230 e. The molecule has 1 amide bonds. The molecular weight excluding hydrogens is 410 g/mol. The molecule has 29 heavy (non-hydrogen) atoms. The van der Waals surface area contributed by atoms with E-state index in [4.69, 9.17) is 10.5 Å². The summed E-state index contributed by atoms with van der Waals surface area (Å²) in [6.07, 6.45) is 6.05. The predicted molar refractivity (Wildman–Crippen MR) is 111 cm³/mol. The van der Waals surface area contributed by atoms with E-state index in [1.54, 1.807) is 19.4 Å². The first-order valence-electron chi connectivity index (χ1n) is 9.31. The van der Waals surface area contributed by atoms with Crippen molar-refractivity contribution in [1.82, 2.24) is 25.4 Å². The molecule has 2 unspecified atom stereocenters. The molecule has 0 aromatic carbocycles. The van der Waals surface area contributed by atoms with Gasteiger partial charge in [-0.3, -0.25) is 4.79 Å². The number of carbonyl (C=O) groups excluding carboxylic acids is 1. The number of rotatable bonds is 6. The summed E-state index contributed by atoms with van der Waals surface area (Å²) in [4.78, 5) is 16.4. The molecule has 3 heterocycles. The zero-order valence-corrected chi connectivity index (χ0v) is 17.5. The molecule has 4 rings (SSSR count). The highest BCUT2D eigenvalue weighted by Gasteiger charge is 2.29. The molecule has 11 heteroatoms. The van der Waals surface area contributed by atoms with E-state index in [1.807, 2.05) is 6.07 Å². The number of methoxy groups -OCH3 is 1. The topological polar surface area (TPSA) is 129 Å². The van der Waals surface area contributed by atoms with Crippen LogP contribution in [0.5, 0.6) is 5.88 Å². The van der Waals surface area contributed by atoms with Crippen LogP contribution >= 0.6 is 22.7 Å². The number of hydrogen-bond acceptors (Lipinski definition) is 10. The minimum Gasteiger partial charge on any atom is -0.481 e. The van der Waals surface area contributed by atoms with Crippen LogP contribution in [0.4, 0.5) is 10.3 Å². The van der Waals surface area contributed by atoms with Crippen LogP contribution in [0.3, 0.4) is 0 Å². The molecule has 1 fully saturated rings. The number of carbonyl (C=O) groups is 1. The summed E-state index contributed by atoms with van der Waals surface area (Å²) >= 11 is 2.90. The molecule has 1 saturated carbocycles. The summed E-state index contributed by atoms with van der Waals surface area (Å²) in [5, 5.41) is 22.4. The Balaban J connectivity index is 1.35. The largest absolute Gasteiger partial charge is 0.481 e. The Hall–Kier alpha value is -2.66. The van der Waals surface area contributed by atoms with Crippen LogP contribution in [0.15, 0.2) is 18.3 Å². The van der Waals surface area contributed by atoms with Crippen molar-refractivity contribution in [2.45, 2.75) is 43.9 Å². The highest BCUT2D eigenvalue weighted by Crippen LogP contribution is 2.43. The van der Waals surface area contributed by atoms with Crippen molar-refractivity contribution in [1.29, 1.82) is 0 Å². The molecule has 1 aliphatic rings. The number of pyridine rings is 1. The molecule has 152 valence electrons. The van der Waals surface area contributed by atoms with Crippen LogP contribution in [0.2, 0.25) is 0 Å². The van der Waals surface area contributed by atoms with Gasteiger partial charge in [-0.25, -0.2) is 4.98 Å². The minimum atomic E-state index is -0.148. The average molecular weight is 432 g/mol. The third-order valence-electron chi connectivity index (χ3n) is 4.89. The van der Waals surface area contributed by atoms with Gasteiger partial charge < -0.3 is 15.8 Å². The van der Waals surface area contributed by atoms with Crippen molar-refractivity contribution in [3.8, 4) is 5.88 Å².